The Morgan fingerprint density at radius 1 is 0.925 bits per heavy atom. The molecular weight excluding hydrogens is 638 g/mol. The summed E-state index contributed by atoms with van der Waals surface area (Å²) >= 11 is 7.34. The molecule has 40 heavy (non-hydrogen) atoms. The van der Waals surface area contributed by atoms with Crippen molar-refractivity contribution in [3.8, 4) is 5.75 Å². The molecule has 1 aromatic heterocycles. The van der Waals surface area contributed by atoms with Crippen molar-refractivity contribution in [3.63, 3.8) is 0 Å². The minimum Gasteiger partial charge on any atom is -0.508 e. The zero-order chi connectivity index (χ0) is 28.8. The first-order valence-corrected chi connectivity index (χ1v) is 15.7. The molecule has 2 N–H and O–H groups in total. The molecule has 0 spiro atoms. The maximum absolute atomic E-state index is 13.2. The Morgan fingerprint density at radius 2 is 1.55 bits per heavy atom. The normalized spacial score (nSPS) is 19.6. The lowest BCUT2D eigenvalue weighted by molar-refractivity contribution is -0.135. The highest BCUT2D eigenvalue weighted by atomic mass is 79.9. The SMILES string of the molecule is C=C.O=C(CCO)N1CCC(CC(=O)N2CCC(C3c4ncc(Br)cc4CCc4cc(O)cc(Br)c43)CC2)CC1. The number of fused-ring (bicyclic) bond motifs is 2. The number of nitrogens with zero attached hydrogens (tertiary/aromatic N) is 3. The molecule has 5 rings (SSSR count). The number of aliphatic hydroxyl groups excluding tert-OH is 1. The lowest BCUT2D eigenvalue weighted by atomic mass is 9.76. The minimum atomic E-state index is -0.113. The molecule has 7 nitrogen and oxygen atoms in total. The van der Waals surface area contributed by atoms with Crippen molar-refractivity contribution in [3.05, 3.63) is 68.9 Å². The molecule has 2 aliphatic heterocycles. The average Bonchev–Trinajstić information content (AvgIpc) is 3.11. The first-order chi connectivity index (χ1) is 19.3. The Bertz CT molecular complexity index is 1210. The third-order valence-electron chi connectivity index (χ3n) is 8.56. The van der Waals surface area contributed by atoms with Crippen molar-refractivity contribution in [2.75, 3.05) is 32.8 Å². The van der Waals surface area contributed by atoms with Gasteiger partial charge in [0.15, 0.2) is 0 Å². The van der Waals surface area contributed by atoms with Gasteiger partial charge >= 0.3 is 0 Å². The van der Waals surface area contributed by atoms with Gasteiger partial charge in [0, 0.05) is 60.1 Å². The number of halogens is 2. The summed E-state index contributed by atoms with van der Waals surface area (Å²) in [6, 6.07) is 5.86. The number of phenolic OH excluding ortho intramolecular Hbond substituents is 1. The van der Waals surface area contributed by atoms with Crippen molar-refractivity contribution in [2.24, 2.45) is 11.8 Å². The fourth-order valence-electron chi connectivity index (χ4n) is 6.55. The highest BCUT2D eigenvalue weighted by Crippen LogP contribution is 2.46. The summed E-state index contributed by atoms with van der Waals surface area (Å²) < 4.78 is 1.91. The predicted octanol–water partition coefficient (Wildman–Crippen LogP) is 5.59. The van der Waals surface area contributed by atoms with Gasteiger partial charge in [0.1, 0.15) is 5.75 Å². The molecular formula is C31H39Br2N3O4. The van der Waals surface area contributed by atoms with Crippen LogP contribution in [0.15, 0.2) is 46.5 Å². The maximum Gasteiger partial charge on any atom is 0.224 e. The van der Waals surface area contributed by atoms with Gasteiger partial charge in [-0.25, -0.2) is 0 Å². The van der Waals surface area contributed by atoms with Crippen molar-refractivity contribution in [1.82, 2.24) is 14.8 Å². The van der Waals surface area contributed by atoms with E-state index >= 15 is 0 Å². The number of phenols is 1. The van der Waals surface area contributed by atoms with Gasteiger partial charge in [-0.05, 0) is 101 Å². The van der Waals surface area contributed by atoms with Crippen molar-refractivity contribution < 1.29 is 19.8 Å². The lowest BCUT2D eigenvalue weighted by Gasteiger charge is -2.38. The van der Waals surface area contributed by atoms with Crippen LogP contribution in [-0.2, 0) is 22.4 Å². The number of carbonyl (C=O) groups is 2. The van der Waals surface area contributed by atoms with Gasteiger partial charge in [-0.2, -0.15) is 0 Å². The third-order valence-corrected chi connectivity index (χ3v) is 9.65. The zero-order valence-electron chi connectivity index (χ0n) is 23.0. The number of carbonyl (C=O) groups excluding carboxylic acids is 2. The van der Waals surface area contributed by atoms with Crippen LogP contribution in [0.2, 0.25) is 0 Å². The van der Waals surface area contributed by atoms with E-state index in [4.69, 9.17) is 10.1 Å². The Hall–Kier alpha value is -2.23. The Balaban J connectivity index is 0.00000181. The number of benzene rings is 1. The van der Waals surface area contributed by atoms with Crippen LogP contribution in [0.3, 0.4) is 0 Å². The van der Waals surface area contributed by atoms with Gasteiger partial charge in [0.25, 0.3) is 0 Å². The number of rotatable bonds is 5. The van der Waals surface area contributed by atoms with E-state index in [1.54, 1.807) is 6.07 Å². The van der Waals surface area contributed by atoms with E-state index in [1.807, 2.05) is 22.1 Å². The summed E-state index contributed by atoms with van der Waals surface area (Å²) in [6.07, 6.45) is 7.85. The molecule has 9 heteroatoms. The number of aliphatic hydroxyl groups is 1. The summed E-state index contributed by atoms with van der Waals surface area (Å²) in [5.41, 5.74) is 4.75. The summed E-state index contributed by atoms with van der Waals surface area (Å²) in [5, 5.41) is 19.3. The van der Waals surface area contributed by atoms with E-state index in [-0.39, 0.29) is 36.5 Å². The summed E-state index contributed by atoms with van der Waals surface area (Å²) in [7, 11) is 0. The summed E-state index contributed by atoms with van der Waals surface area (Å²) in [6.45, 7) is 8.72. The van der Waals surface area contributed by atoms with Gasteiger partial charge in [0.05, 0.1) is 12.3 Å². The standard InChI is InChI=1S/C29H35Br2N3O4.C2H4/c30-22-14-21-2-1-20-15-23(36)16-24(31)27(20)28(29(21)32-17-22)19-5-10-34(11-6-19)26(38)13-18-3-8-33(9-4-18)25(37)7-12-35;1-2/h14-19,28,35-36H,1-13H2;1-2H2. The van der Waals surface area contributed by atoms with Crippen LogP contribution >= 0.6 is 31.9 Å². The molecule has 0 saturated carbocycles. The van der Waals surface area contributed by atoms with Gasteiger partial charge in [-0.1, -0.05) is 15.9 Å². The molecule has 1 unspecified atom stereocenters. The molecule has 0 radical (unpaired) electrons. The summed E-state index contributed by atoms with van der Waals surface area (Å²) in [4.78, 5) is 34.0. The van der Waals surface area contributed by atoms with Crippen LogP contribution in [0, 0.1) is 11.8 Å². The molecule has 1 atom stereocenters. The number of aryl methyl sites for hydroxylation is 2. The van der Waals surface area contributed by atoms with Gasteiger partial charge in [-0.3, -0.25) is 14.6 Å². The predicted molar refractivity (Wildman–Crippen MR) is 163 cm³/mol. The fourth-order valence-corrected chi connectivity index (χ4v) is 7.66. The number of aromatic hydroxyl groups is 1. The largest absolute Gasteiger partial charge is 0.508 e. The highest BCUT2D eigenvalue weighted by molar-refractivity contribution is 9.10. The topological polar surface area (TPSA) is 94.0 Å². The number of likely N-dealkylation sites (tertiary alicyclic amines) is 2. The van der Waals surface area contributed by atoms with E-state index in [9.17, 15) is 14.7 Å². The second-order valence-corrected chi connectivity index (χ2v) is 12.7. The number of hydrogen-bond acceptors (Lipinski definition) is 5. The lowest BCUT2D eigenvalue weighted by Crippen LogP contribution is -2.43. The van der Waals surface area contributed by atoms with E-state index in [0.717, 1.165) is 66.3 Å². The number of piperidine rings is 2. The Labute approximate surface area is 253 Å². The van der Waals surface area contributed by atoms with Crippen molar-refractivity contribution in [2.45, 2.75) is 57.3 Å². The number of amides is 2. The number of hydrogen-bond donors (Lipinski definition) is 2. The fraction of sp³-hybridized carbons (Fsp3) is 0.516. The Morgan fingerprint density at radius 3 is 2.23 bits per heavy atom. The second kappa shape index (κ2) is 14.1. The third kappa shape index (κ3) is 6.97. The van der Waals surface area contributed by atoms with Crippen LogP contribution in [-0.4, -0.2) is 69.6 Å². The molecule has 3 aliphatic rings. The molecule has 2 aromatic rings. The van der Waals surface area contributed by atoms with Crippen LogP contribution in [0.25, 0.3) is 0 Å². The molecule has 0 bridgehead atoms. The second-order valence-electron chi connectivity index (χ2n) is 10.9. The smallest absolute Gasteiger partial charge is 0.224 e. The first-order valence-electron chi connectivity index (χ1n) is 14.2. The number of aromatic nitrogens is 1. The van der Waals surface area contributed by atoms with E-state index in [2.05, 4.69) is 51.1 Å². The molecule has 1 aromatic carbocycles. The van der Waals surface area contributed by atoms with Crippen LogP contribution in [0.4, 0.5) is 0 Å². The molecule has 2 amide bonds. The van der Waals surface area contributed by atoms with Crippen molar-refractivity contribution in [1.29, 1.82) is 0 Å². The molecule has 1 aliphatic carbocycles. The number of pyridine rings is 1. The van der Waals surface area contributed by atoms with Crippen LogP contribution < -0.4 is 0 Å². The summed E-state index contributed by atoms with van der Waals surface area (Å²) in [5.74, 6) is 1.28. The molecule has 3 heterocycles. The van der Waals surface area contributed by atoms with E-state index in [0.29, 0.717) is 31.3 Å². The van der Waals surface area contributed by atoms with Crippen molar-refractivity contribution >= 4 is 43.7 Å². The zero-order valence-corrected chi connectivity index (χ0v) is 26.1. The molecule has 2 fully saturated rings. The average molecular weight is 677 g/mol. The van der Waals surface area contributed by atoms with E-state index < -0.39 is 0 Å². The maximum atomic E-state index is 13.2. The molecule has 2 saturated heterocycles. The van der Waals surface area contributed by atoms with E-state index in [1.165, 1.54) is 16.7 Å². The van der Waals surface area contributed by atoms with Crippen LogP contribution in [0.5, 0.6) is 5.75 Å². The van der Waals surface area contributed by atoms with Gasteiger partial charge in [0.2, 0.25) is 11.8 Å². The highest BCUT2D eigenvalue weighted by Gasteiger charge is 2.37. The van der Waals surface area contributed by atoms with Gasteiger partial charge < -0.3 is 20.0 Å². The minimum absolute atomic E-state index is 0.00436. The molecule has 216 valence electrons. The van der Waals surface area contributed by atoms with Crippen LogP contribution in [0.1, 0.15) is 66.8 Å². The first kappa shape index (κ1) is 30.7. The quantitative estimate of drug-likeness (QED) is 0.403. The van der Waals surface area contributed by atoms with Gasteiger partial charge in [-0.15, -0.1) is 13.2 Å². The monoisotopic (exact) mass is 675 g/mol. The Kier molecular flexibility index (Phi) is 10.8.